The Balaban J connectivity index is 1.36. The maximum atomic E-state index is 14.2. The Bertz CT molecular complexity index is 2950. The smallest absolute Gasteiger partial charge is 0.308 e. The van der Waals surface area contributed by atoms with Crippen molar-refractivity contribution in [2.45, 2.75) is 26.2 Å². The average Bonchev–Trinajstić information content (AvgIpc) is 3.56. The number of para-hydroxylation sites is 1. The van der Waals surface area contributed by atoms with E-state index in [1.807, 2.05) is 109 Å². The maximum Gasteiger partial charge on any atom is 0.416 e. The van der Waals surface area contributed by atoms with E-state index in [4.69, 9.17) is 15.0 Å². The molecule has 0 amide bonds. The summed E-state index contributed by atoms with van der Waals surface area (Å²) in [6.07, 6.45) is -10.0. The van der Waals surface area contributed by atoms with Crippen LogP contribution in [0.3, 0.4) is 0 Å². The van der Waals surface area contributed by atoms with Crippen LogP contribution in [0.2, 0.25) is 0 Å². The molecule has 0 unspecified atom stereocenters. The number of nitrogens with zero attached hydrogens (tertiary/aromatic N) is 4. The van der Waals surface area contributed by atoms with Crippen LogP contribution in [-0.2, 0) is 12.4 Å². The number of aryl methyl sites for hydroxylation is 2. The molecule has 0 N–H and O–H groups in total. The van der Waals surface area contributed by atoms with Crippen LogP contribution in [0.15, 0.2) is 158 Å². The SMILES string of the molecule is Cc1ccc(-c2ccc3c(c2)c2ccccc2n3-c2cc(-c3cc(C(F)(F)F)cc(C(F)(F)F)c3)ccc2-c2nc(-c3ccccc3)nc(-c3ccccc3)n2)c(C)c1. The Kier molecular flexibility index (Phi) is 9.15. The highest BCUT2D eigenvalue weighted by Crippen LogP contribution is 2.42. The lowest BCUT2D eigenvalue weighted by Crippen LogP contribution is -2.11. The molecule has 0 radical (unpaired) electrons. The second-order valence-electron chi connectivity index (χ2n) is 14.5. The molecule has 7 aromatic carbocycles. The molecule has 9 aromatic rings. The summed E-state index contributed by atoms with van der Waals surface area (Å²) in [5, 5.41) is 1.80. The van der Waals surface area contributed by atoms with Gasteiger partial charge in [-0.1, -0.05) is 115 Å². The molecule has 2 heterocycles. The molecule has 9 rings (SSSR count). The summed E-state index contributed by atoms with van der Waals surface area (Å²) in [5.41, 5.74) is 5.31. The standard InChI is InChI=1S/C49H32F6N4/c1-29-17-20-38(30(2)23-29)34-19-22-43-41(26-34)39-15-9-10-16-42(39)59(43)44-27-33(35-24-36(48(50,51)52)28-37(25-35)49(53,54)55)18-21-40(44)47-57-45(31-11-5-3-6-12-31)56-46(58-47)32-13-7-4-8-14-32/h3-28H,1-2H3. The first kappa shape index (κ1) is 37.5. The van der Waals surface area contributed by atoms with Crippen molar-refractivity contribution in [3.63, 3.8) is 0 Å². The van der Waals surface area contributed by atoms with Crippen LogP contribution >= 0.6 is 0 Å². The Morgan fingerprint density at radius 1 is 0.407 bits per heavy atom. The van der Waals surface area contributed by atoms with E-state index in [-0.39, 0.29) is 23.0 Å². The van der Waals surface area contributed by atoms with Crippen molar-refractivity contribution in [2.75, 3.05) is 0 Å². The van der Waals surface area contributed by atoms with Gasteiger partial charge in [0.25, 0.3) is 0 Å². The van der Waals surface area contributed by atoms with E-state index in [0.29, 0.717) is 22.9 Å². The van der Waals surface area contributed by atoms with Gasteiger partial charge in [-0.2, -0.15) is 26.3 Å². The Morgan fingerprint density at radius 2 is 0.949 bits per heavy atom. The van der Waals surface area contributed by atoms with Crippen LogP contribution in [0.4, 0.5) is 26.3 Å². The molecule has 4 nitrogen and oxygen atoms in total. The third kappa shape index (κ3) is 7.11. The number of fused-ring (bicyclic) bond motifs is 3. The number of aromatic nitrogens is 4. The average molecular weight is 791 g/mol. The first-order valence-electron chi connectivity index (χ1n) is 18.7. The van der Waals surface area contributed by atoms with Gasteiger partial charge in [0, 0.05) is 27.5 Å². The van der Waals surface area contributed by atoms with Crippen LogP contribution in [0.1, 0.15) is 22.3 Å². The van der Waals surface area contributed by atoms with Crippen LogP contribution in [-0.4, -0.2) is 19.5 Å². The molecule has 0 aliphatic carbocycles. The van der Waals surface area contributed by atoms with E-state index < -0.39 is 23.5 Å². The van der Waals surface area contributed by atoms with Crippen molar-refractivity contribution in [3.8, 4) is 62.1 Å². The number of hydrogen-bond donors (Lipinski definition) is 0. The number of hydrogen-bond acceptors (Lipinski definition) is 3. The molecule has 290 valence electrons. The van der Waals surface area contributed by atoms with Crippen molar-refractivity contribution in [3.05, 3.63) is 180 Å². The molecule has 0 aliphatic rings. The Morgan fingerprint density at radius 3 is 1.56 bits per heavy atom. The van der Waals surface area contributed by atoms with Gasteiger partial charge in [0.05, 0.1) is 27.8 Å². The van der Waals surface area contributed by atoms with Crippen molar-refractivity contribution in [2.24, 2.45) is 0 Å². The third-order valence-corrected chi connectivity index (χ3v) is 10.5. The highest BCUT2D eigenvalue weighted by molar-refractivity contribution is 6.11. The Hall–Kier alpha value is -7.07. The lowest BCUT2D eigenvalue weighted by Gasteiger charge is -2.18. The van der Waals surface area contributed by atoms with E-state index in [2.05, 4.69) is 31.2 Å². The summed E-state index contributed by atoms with van der Waals surface area (Å²) in [4.78, 5) is 14.8. The monoisotopic (exact) mass is 790 g/mol. The molecular formula is C49H32F6N4. The predicted octanol–water partition coefficient (Wildman–Crippen LogP) is 14.0. The van der Waals surface area contributed by atoms with Crippen molar-refractivity contribution in [1.82, 2.24) is 19.5 Å². The van der Waals surface area contributed by atoms with E-state index in [9.17, 15) is 26.3 Å². The van der Waals surface area contributed by atoms with Gasteiger partial charge in [-0.15, -0.1) is 0 Å². The highest BCUT2D eigenvalue weighted by atomic mass is 19.4. The third-order valence-electron chi connectivity index (χ3n) is 10.5. The quantitative estimate of drug-likeness (QED) is 0.158. The zero-order valence-electron chi connectivity index (χ0n) is 31.6. The maximum absolute atomic E-state index is 14.2. The topological polar surface area (TPSA) is 43.6 Å². The van der Waals surface area contributed by atoms with Crippen LogP contribution < -0.4 is 0 Å². The fourth-order valence-electron chi connectivity index (χ4n) is 7.67. The number of alkyl halides is 6. The van der Waals surface area contributed by atoms with Gasteiger partial charge in [-0.25, -0.2) is 15.0 Å². The molecule has 0 bridgehead atoms. The summed E-state index contributed by atoms with van der Waals surface area (Å²) in [7, 11) is 0. The van der Waals surface area contributed by atoms with E-state index >= 15 is 0 Å². The van der Waals surface area contributed by atoms with Gasteiger partial charge >= 0.3 is 12.4 Å². The second kappa shape index (κ2) is 14.4. The van der Waals surface area contributed by atoms with Crippen molar-refractivity contribution < 1.29 is 26.3 Å². The molecule has 0 saturated carbocycles. The fourth-order valence-corrected chi connectivity index (χ4v) is 7.67. The molecule has 0 saturated heterocycles. The molecule has 0 aliphatic heterocycles. The minimum Gasteiger partial charge on any atom is -0.308 e. The van der Waals surface area contributed by atoms with Crippen molar-refractivity contribution in [1.29, 1.82) is 0 Å². The number of rotatable bonds is 6. The summed E-state index contributed by atoms with van der Waals surface area (Å²) < 4.78 is 86.9. The molecule has 0 fully saturated rings. The number of benzene rings is 7. The molecule has 2 aromatic heterocycles. The second-order valence-corrected chi connectivity index (χ2v) is 14.5. The summed E-state index contributed by atoms with van der Waals surface area (Å²) in [6.45, 7) is 4.11. The lowest BCUT2D eigenvalue weighted by molar-refractivity contribution is -0.143. The van der Waals surface area contributed by atoms with Gasteiger partial charge in [0.1, 0.15) is 0 Å². The largest absolute Gasteiger partial charge is 0.416 e. The van der Waals surface area contributed by atoms with E-state index in [1.165, 1.54) is 6.07 Å². The summed E-state index contributed by atoms with van der Waals surface area (Å²) in [5.74, 6) is 1.03. The first-order valence-corrected chi connectivity index (χ1v) is 18.7. The zero-order chi connectivity index (χ0) is 41.1. The number of halogens is 6. The molecule has 10 heteroatoms. The zero-order valence-corrected chi connectivity index (χ0v) is 31.6. The van der Waals surface area contributed by atoms with Gasteiger partial charge in [0.15, 0.2) is 17.5 Å². The first-order chi connectivity index (χ1) is 28.3. The van der Waals surface area contributed by atoms with Gasteiger partial charge in [-0.05, 0) is 90.2 Å². The van der Waals surface area contributed by atoms with Gasteiger partial charge < -0.3 is 4.57 Å². The minimum absolute atomic E-state index is 0.138. The van der Waals surface area contributed by atoms with Crippen molar-refractivity contribution >= 4 is 21.8 Å². The molecule has 0 spiro atoms. The van der Waals surface area contributed by atoms with Crippen LogP contribution in [0, 0.1) is 13.8 Å². The highest BCUT2D eigenvalue weighted by Gasteiger charge is 2.37. The van der Waals surface area contributed by atoms with E-state index in [1.54, 1.807) is 12.1 Å². The normalized spacial score (nSPS) is 12.1. The molecular weight excluding hydrogens is 759 g/mol. The lowest BCUT2D eigenvalue weighted by atomic mass is 9.96. The van der Waals surface area contributed by atoms with Gasteiger partial charge in [-0.3, -0.25) is 0 Å². The van der Waals surface area contributed by atoms with Crippen LogP contribution in [0.5, 0.6) is 0 Å². The minimum atomic E-state index is -5.02. The fraction of sp³-hybridized carbons (Fsp3) is 0.0816. The van der Waals surface area contributed by atoms with Crippen LogP contribution in [0.25, 0.3) is 83.9 Å². The van der Waals surface area contributed by atoms with Gasteiger partial charge in [0.2, 0.25) is 0 Å². The summed E-state index contributed by atoms with van der Waals surface area (Å²) >= 11 is 0. The Labute approximate surface area is 335 Å². The summed E-state index contributed by atoms with van der Waals surface area (Å²) in [6, 6.07) is 45.3. The molecule has 59 heavy (non-hydrogen) atoms. The predicted molar refractivity (Wildman–Crippen MR) is 221 cm³/mol. The molecule has 0 atom stereocenters. The van der Waals surface area contributed by atoms with E-state index in [0.717, 1.165) is 67.3 Å².